The molecule has 0 aliphatic carbocycles. The zero-order valence-corrected chi connectivity index (χ0v) is 17.1. The Morgan fingerprint density at radius 1 is 0.964 bits per heavy atom. The molecule has 0 aromatic heterocycles. The van der Waals surface area contributed by atoms with E-state index in [0.29, 0.717) is 12.2 Å². The lowest BCUT2D eigenvalue weighted by atomic mass is 10.0. The highest BCUT2D eigenvalue weighted by Crippen LogP contribution is 2.21. The second kappa shape index (κ2) is 8.02. The van der Waals surface area contributed by atoms with Crippen molar-refractivity contribution in [2.75, 3.05) is 17.1 Å². The van der Waals surface area contributed by atoms with Gasteiger partial charge in [0.25, 0.3) is 0 Å². The van der Waals surface area contributed by atoms with Crippen molar-refractivity contribution in [2.45, 2.75) is 20.4 Å². The lowest BCUT2D eigenvalue weighted by Gasteiger charge is -2.23. The van der Waals surface area contributed by atoms with Gasteiger partial charge < -0.3 is 5.32 Å². The summed E-state index contributed by atoms with van der Waals surface area (Å²) in [6.45, 7) is 3.88. The smallest absolute Gasteiger partial charge is 0.241 e. The van der Waals surface area contributed by atoms with Gasteiger partial charge in [0.2, 0.25) is 15.9 Å². The second-order valence-electron chi connectivity index (χ2n) is 7.03. The lowest BCUT2D eigenvalue weighted by Crippen LogP contribution is -2.40. The lowest BCUT2D eigenvalue weighted by molar-refractivity contribution is -0.119. The van der Waals surface area contributed by atoms with Gasteiger partial charge in [0.15, 0.2) is 0 Å². The quantitative estimate of drug-likeness (QED) is 0.693. The van der Waals surface area contributed by atoms with E-state index < -0.39 is 10.0 Å². The Hall–Kier alpha value is -2.86. The third-order valence-electron chi connectivity index (χ3n) is 4.54. The number of anilines is 1. The number of benzene rings is 3. The summed E-state index contributed by atoms with van der Waals surface area (Å²) in [6, 6.07) is 19.4. The number of nitrogens with one attached hydrogen (secondary N) is 1. The molecular weight excluding hydrogens is 372 g/mol. The number of fused-ring (bicyclic) bond motifs is 1. The van der Waals surface area contributed by atoms with Crippen LogP contribution in [0.15, 0.2) is 60.7 Å². The van der Waals surface area contributed by atoms with Crippen LogP contribution in [0.5, 0.6) is 0 Å². The molecule has 0 saturated heterocycles. The van der Waals surface area contributed by atoms with Crippen molar-refractivity contribution >= 4 is 32.4 Å². The first kappa shape index (κ1) is 19.9. The summed E-state index contributed by atoms with van der Waals surface area (Å²) in [5.41, 5.74) is 3.38. The molecule has 0 heterocycles. The monoisotopic (exact) mass is 396 g/mol. The maximum Gasteiger partial charge on any atom is 0.241 e. The Balaban J connectivity index is 1.77. The van der Waals surface area contributed by atoms with Crippen LogP contribution in [0.25, 0.3) is 10.8 Å². The average Bonchev–Trinajstić information content (AvgIpc) is 2.62. The molecule has 3 rings (SSSR count). The number of nitrogens with zero attached hydrogens (tertiary/aromatic N) is 1. The number of carbonyl (C=O) groups is 1. The van der Waals surface area contributed by atoms with Gasteiger partial charge in [0.1, 0.15) is 6.54 Å². The van der Waals surface area contributed by atoms with Gasteiger partial charge in [-0.1, -0.05) is 48.5 Å². The number of amides is 1. The maximum absolute atomic E-state index is 12.5. The van der Waals surface area contributed by atoms with Crippen LogP contribution < -0.4 is 9.62 Å². The molecule has 0 bridgehead atoms. The first-order chi connectivity index (χ1) is 13.2. The molecule has 28 heavy (non-hydrogen) atoms. The minimum absolute atomic E-state index is 0.257. The largest absolute Gasteiger partial charge is 0.350 e. The minimum Gasteiger partial charge on any atom is -0.350 e. The van der Waals surface area contributed by atoms with Gasteiger partial charge in [-0.25, -0.2) is 8.42 Å². The van der Waals surface area contributed by atoms with Crippen molar-refractivity contribution in [3.05, 3.63) is 77.4 Å². The van der Waals surface area contributed by atoms with E-state index in [-0.39, 0.29) is 12.5 Å². The fourth-order valence-electron chi connectivity index (χ4n) is 3.32. The van der Waals surface area contributed by atoms with E-state index in [9.17, 15) is 13.2 Å². The predicted molar refractivity (Wildman–Crippen MR) is 114 cm³/mol. The first-order valence-corrected chi connectivity index (χ1v) is 10.9. The molecule has 0 saturated carbocycles. The normalized spacial score (nSPS) is 11.4. The standard InChI is InChI=1S/C22H24N2O3S/c1-16-11-17(2)13-20(12-16)24(28(3,26)27)15-22(25)23-14-19-9-6-8-18-7-4-5-10-21(18)19/h4-13H,14-15H2,1-3H3,(H,23,25). The molecule has 0 spiro atoms. The molecule has 0 radical (unpaired) electrons. The van der Waals surface area contributed by atoms with Crippen LogP contribution >= 0.6 is 0 Å². The highest BCUT2D eigenvalue weighted by Gasteiger charge is 2.21. The summed E-state index contributed by atoms with van der Waals surface area (Å²) in [7, 11) is -3.59. The summed E-state index contributed by atoms with van der Waals surface area (Å²) < 4.78 is 25.7. The average molecular weight is 397 g/mol. The second-order valence-corrected chi connectivity index (χ2v) is 8.94. The van der Waals surface area contributed by atoms with Gasteiger partial charge in [-0.05, 0) is 53.4 Å². The SMILES string of the molecule is Cc1cc(C)cc(N(CC(=O)NCc2cccc3ccccc23)S(C)(=O)=O)c1. The van der Waals surface area contributed by atoms with Crippen LogP contribution in [-0.4, -0.2) is 27.1 Å². The fourth-order valence-corrected chi connectivity index (χ4v) is 4.16. The Morgan fingerprint density at radius 3 is 2.29 bits per heavy atom. The Bertz CT molecular complexity index is 1100. The van der Waals surface area contributed by atoms with Crippen molar-refractivity contribution in [3.63, 3.8) is 0 Å². The molecule has 3 aromatic carbocycles. The van der Waals surface area contributed by atoms with E-state index in [0.717, 1.165) is 38.0 Å². The topological polar surface area (TPSA) is 66.5 Å². The van der Waals surface area contributed by atoms with E-state index in [2.05, 4.69) is 5.32 Å². The van der Waals surface area contributed by atoms with Crippen LogP contribution in [0.4, 0.5) is 5.69 Å². The summed E-state index contributed by atoms with van der Waals surface area (Å²) in [5, 5.41) is 5.02. The van der Waals surface area contributed by atoms with E-state index in [4.69, 9.17) is 0 Å². The molecule has 0 fully saturated rings. The van der Waals surface area contributed by atoms with E-state index >= 15 is 0 Å². The molecule has 0 aliphatic rings. The highest BCUT2D eigenvalue weighted by molar-refractivity contribution is 7.92. The number of hydrogen-bond acceptors (Lipinski definition) is 3. The van der Waals surface area contributed by atoms with Gasteiger partial charge in [0, 0.05) is 6.54 Å². The summed E-state index contributed by atoms with van der Waals surface area (Å²) in [6.07, 6.45) is 1.11. The molecule has 3 aromatic rings. The number of sulfonamides is 1. The van der Waals surface area contributed by atoms with Crippen LogP contribution in [0.2, 0.25) is 0 Å². The van der Waals surface area contributed by atoms with Crippen LogP contribution in [0, 0.1) is 13.8 Å². The van der Waals surface area contributed by atoms with Gasteiger partial charge in [-0.3, -0.25) is 9.10 Å². The summed E-state index contributed by atoms with van der Waals surface area (Å²) >= 11 is 0. The molecular formula is C22H24N2O3S. The Kier molecular flexibility index (Phi) is 5.70. The number of aryl methyl sites for hydroxylation is 2. The van der Waals surface area contributed by atoms with Crippen molar-refractivity contribution in [1.82, 2.24) is 5.32 Å². The molecule has 0 unspecified atom stereocenters. The van der Waals surface area contributed by atoms with Crippen molar-refractivity contribution in [1.29, 1.82) is 0 Å². The molecule has 1 N–H and O–H groups in total. The number of hydrogen-bond donors (Lipinski definition) is 1. The first-order valence-electron chi connectivity index (χ1n) is 9.03. The maximum atomic E-state index is 12.5. The third-order valence-corrected chi connectivity index (χ3v) is 5.68. The third kappa shape index (κ3) is 4.70. The molecule has 1 amide bonds. The Labute approximate surface area is 166 Å². The van der Waals surface area contributed by atoms with Crippen molar-refractivity contribution < 1.29 is 13.2 Å². The van der Waals surface area contributed by atoms with Crippen LogP contribution in [0.1, 0.15) is 16.7 Å². The van der Waals surface area contributed by atoms with Crippen LogP contribution in [-0.2, 0) is 21.4 Å². The van der Waals surface area contributed by atoms with Gasteiger partial charge in [-0.15, -0.1) is 0 Å². The Morgan fingerprint density at radius 2 is 1.61 bits per heavy atom. The molecule has 146 valence electrons. The summed E-state index contributed by atoms with van der Waals surface area (Å²) in [5.74, 6) is -0.350. The number of rotatable bonds is 6. The highest BCUT2D eigenvalue weighted by atomic mass is 32.2. The van der Waals surface area contributed by atoms with E-state index in [1.165, 1.54) is 0 Å². The molecule has 5 nitrogen and oxygen atoms in total. The van der Waals surface area contributed by atoms with Gasteiger partial charge >= 0.3 is 0 Å². The van der Waals surface area contributed by atoms with E-state index in [1.807, 2.05) is 62.4 Å². The number of carbonyl (C=O) groups excluding carboxylic acids is 1. The van der Waals surface area contributed by atoms with Crippen LogP contribution in [0.3, 0.4) is 0 Å². The zero-order chi connectivity index (χ0) is 20.3. The predicted octanol–water partition coefficient (Wildman–Crippen LogP) is 3.54. The molecule has 0 atom stereocenters. The van der Waals surface area contributed by atoms with E-state index in [1.54, 1.807) is 12.1 Å². The van der Waals surface area contributed by atoms with Crippen molar-refractivity contribution in [3.8, 4) is 0 Å². The zero-order valence-electron chi connectivity index (χ0n) is 16.3. The molecule has 6 heteroatoms. The summed E-state index contributed by atoms with van der Waals surface area (Å²) in [4.78, 5) is 12.5. The van der Waals surface area contributed by atoms with Crippen molar-refractivity contribution in [2.24, 2.45) is 0 Å². The van der Waals surface area contributed by atoms with Gasteiger partial charge in [-0.2, -0.15) is 0 Å². The molecule has 0 aliphatic heterocycles. The minimum atomic E-state index is -3.59. The fraction of sp³-hybridized carbons (Fsp3) is 0.227. The van der Waals surface area contributed by atoms with Gasteiger partial charge in [0.05, 0.1) is 11.9 Å².